The Bertz CT molecular complexity index is 573. The van der Waals surface area contributed by atoms with Gasteiger partial charge in [0.25, 0.3) is 0 Å². The van der Waals surface area contributed by atoms with Crippen LogP contribution in [-0.4, -0.2) is 49.7 Å². The number of halogens is 1. The number of quaternary nitrogens is 1. The molecule has 5 heteroatoms. The summed E-state index contributed by atoms with van der Waals surface area (Å²) in [5, 5.41) is 1.09. The Morgan fingerprint density at radius 3 is 2.65 bits per heavy atom. The van der Waals surface area contributed by atoms with E-state index >= 15 is 0 Å². The van der Waals surface area contributed by atoms with Gasteiger partial charge in [0, 0.05) is 17.1 Å². The van der Waals surface area contributed by atoms with E-state index < -0.39 is 0 Å². The SMILES string of the molecule is C[N+](C)(C)CCOC(=O)Cc1c[nH]c2ccccc12.[I-]. The first kappa shape index (κ1) is 17.0. The number of aromatic nitrogens is 1. The van der Waals surface area contributed by atoms with E-state index in [1.165, 1.54) is 0 Å². The number of rotatable bonds is 5. The normalized spacial score (nSPS) is 11.2. The minimum absolute atomic E-state index is 0. The Balaban J connectivity index is 0.00000200. The summed E-state index contributed by atoms with van der Waals surface area (Å²) in [6.45, 7) is 1.28. The number of hydrogen-bond acceptors (Lipinski definition) is 2. The van der Waals surface area contributed by atoms with Gasteiger partial charge in [-0.1, -0.05) is 18.2 Å². The second-order valence-electron chi connectivity index (χ2n) is 5.77. The molecule has 1 aromatic heterocycles. The molecule has 1 N–H and O–H groups in total. The first-order valence-electron chi connectivity index (χ1n) is 6.47. The number of fused-ring (bicyclic) bond motifs is 1. The molecule has 2 rings (SSSR count). The standard InChI is InChI=1S/C15H21N2O2.HI/c1-17(2,3)8-9-19-15(18)10-12-11-16-14-7-5-4-6-13(12)14;/h4-7,11,16H,8-10H2,1-3H3;1H/q+1;/p-1. The highest BCUT2D eigenvalue weighted by Crippen LogP contribution is 2.18. The molecule has 1 heterocycles. The zero-order valence-electron chi connectivity index (χ0n) is 12.1. The highest BCUT2D eigenvalue weighted by molar-refractivity contribution is 5.87. The van der Waals surface area contributed by atoms with E-state index in [1.54, 1.807) is 0 Å². The second-order valence-corrected chi connectivity index (χ2v) is 5.77. The third-order valence-electron chi connectivity index (χ3n) is 3.03. The van der Waals surface area contributed by atoms with E-state index in [1.807, 2.05) is 30.5 Å². The molecule has 0 aliphatic heterocycles. The number of para-hydroxylation sites is 1. The lowest BCUT2D eigenvalue weighted by Crippen LogP contribution is -3.00. The van der Waals surface area contributed by atoms with Crippen molar-refractivity contribution in [3.8, 4) is 0 Å². The summed E-state index contributed by atoms with van der Waals surface area (Å²) in [4.78, 5) is 15.0. The van der Waals surface area contributed by atoms with Crippen molar-refractivity contribution < 1.29 is 38.0 Å². The Morgan fingerprint density at radius 2 is 1.95 bits per heavy atom. The molecule has 20 heavy (non-hydrogen) atoms. The van der Waals surface area contributed by atoms with Gasteiger partial charge in [0.2, 0.25) is 0 Å². The van der Waals surface area contributed by atoms with Gasteiger partial charge in [-0.2, -0.15) is 0 Å². The average Bonchev–Trinajstić information content (AvgIpc) is 2.71. The summed E-state index contributed by atoms with van der Waals surface area (Å²) in [6.07, 6.45) is 2.20. The van der Waals surface area contributed by atoms with Gasteiger partial charge in [-0.25, -0.2) is 0 Å². The van der Waals surface area contributed by atoms with E-state index in [0.717, 1.165) is 27.5 Å². The molecule has 0 aliphatic carbocycles. The number of esters is 1. The number of nitrogens with zero attached hydrogens (tertiary/aromatic N) is 1. The molecule has 110 valence electrons. The summed E-state index contributed by atoms with van der Waals surface area (Å²) in [7, 11) is 6.23. The molecule has 0 radical (unpaired) electrons. The lowest BCUT2D eigenvalue weighted by molar-refractivity contribution is -0.870. The highest BCUT2D eigenvalue weighted by Gasteiger charge is 2.12. The van der Waals surface area contributed by atoms with Gasteiger partial charge in [0.15, 0.2) is 0 Å². The van der Waals surface area contributed by atoms with Crippen LogP contribution in [0.25, 0.3) is 10.9 Å². The van der Waals surface area contributed by atoms with Crippen molar-refractivity contribution in [2.45, 2.75) is 6.42 Å². The Kier molecular flexibility index (Phi) is 6.01. The molecule has 0 saturated carbocycles. The molecular formula is C15H21IN2O2. The van der Waals surface area contributed by atoms with Crippen molar-refractivity contribution in [1.82, 2.24) is 4.98 Å². The maximum atomic E-state index is 11.8. The van der Waals surface area contributed by atoms with Gasteiger partial charge in [-0.15, -0.1) is 0 Å². The zero-order chi connectivity index (χ0) is 13.9. The van der Waals surface area contributed by atoms with Crippen LogP contribution in [0.2, 0.25) is 0 Å². The maximum Gasteiger partial charge on any atom is 0.310 e. The Labute approximate surface area is 136 Å². The quantitative estimate of drug-likeness (QED) is 0.404. The molecular weight excluding hydrogens is 367 g/mol. The predicted molar refractivity (Wildman–Crippen MR) is 75.9 cm³/mol. The van der Waals surface area contributed by atoms with Crippen LogP contribution in [0, 0.1) is 0 Å². The van der Waals surface area contributed by atoms with E-state index in [2.05, 4.69) is 26.1 Å². The van der Waals surface area contributed by atoms with Crippen LogP contribution in [0.1, 0.15) is 5.56 Å². The van der Waals surface area contributed by atoms with Crippen molar-refractivity contribution in [3.63, 3.8) is 0 Å². The van der Waals surface area contributed by atoms with Crippen LogP contribution in [0.5, 0.6) is 0 Å². The molecule has 0 fully saturated rings. The van der Waals surface area contributed by atoms with Crippen molar-refractivity contribution in [2.75, 3.05) is 34.3 Å². The molecule has 0 saturated heterocycles. The number of carbonyl (C=O) groups excluding carboxylic acids is 1. The minimum atomic E-state index is -0.168. The monoisotopic (exact) mass is 388 g/mol. The van der Waals surface area contributed by atoms with Crippen molar-refractivity contribution in [2.24, 2.45) is 0 Å². The predicted octanol–water partition coefficient (Wildman–Crippen LogP) is -1.04. The van der Waals surface area contributed by atoms with Crippen LogP contribution in [0.15, 0.2) is 30.5 Å². The summed E-state index contributed by atoms with van der Waals surface area (Å²) in [5.74, 6) is -0.168. The van der Waals surface area contributed by atoms with Gasteiger partial charge in [-0.05, 0) is 11.6 Å². The number of carbonyl (C=O) groups is 1. The number of likely N-dealkylation sites (N-methyl/N-ethyl adjacent to an activating group) is 1. The molecule has 0 bridgehead atoms. The summed E-state index contributed by atoms with van der Waals surface area (Å²) < 4.78 is 6.06. The third kappa shape index (κ3) is 4.79. The highest BCUT2D eigenvalue weighted by atomic mass is 127. The third-order valence-corrected chi connectivity index (χ3v) is 3.03. The number of benzene rings is 1. The largest absolute Gasteiger partial charge is 1.00 e. The van der Waals surface area contributed by atoms with Crippen molar-refractivity contribution in [3.05, 3.63) is 36.0 Å². The number of aromatic amines is 1. The summed E-state index contributed by atoms with van der Waals surface area (Å²) in [5.41, 5.74) is 2.04. The van der Waals surface area contributed by atoms with E-state index in [-0.39, 0.29) is 29.9 Å². The average molecular weight is 388 g/mol. The minimum Gasteiger partial charge on any atom is -1.00 e. The lowest BCUT2D eigenvalue weighted by Gasteiger charge is -2.23. The molecule has 0 aliphatic rings. The fraction of sp³-hybridized carbons (Fsp3) is 0.400. The molecule has 0 unspecified atom stereocenters. The smallest absolute Gasteiger partial charge is 0.310 e. The number of ether oxygens (including phenoxy) is 1. The van der Waals surface area contributed by atoms with Gasteiger partial charge in [-0.3, -0.25) is 4.79 Å². The van der Waals surface area contributed by atoms with Gasteiger partial charge >= 0.3 is 5.97 Å². The molecule has 2 aromatic rings. The molecule has 4 nitrogen and oxygen atoms in total. The van der Waals surface area contributed by atoms with Crippen LogP contribution in [0.3, 0.4) is 0 Å². The van der Waals surface area contributed by atoms with Crippen molar-refractivity contribution >= 4 is 16.9 Å². The van der Waals surface area contributed by atoms with E-state index in [9.17, 15) is 4.79 Å². The first-order valence-corrected chi connectivity index (χ1v) is 6.47. The van der Waals surface area contributed by atoms with Crippen molar-refractivity contribution in [1.29, 1.82) is 0 Å². The van der Waals surface area contributed by atoms with Crippen LogP contribution in [-0.2, 0) is 16.0 Å². The molecule has 0 atom stereocenters. The first-order chi connectivity index (χ1) is 8.96. The molecule has 1 aromatic carbocycles. The Morgan fingerprint density at radius 1 is 1.25 bits per heavy atom. The van der Waals surface area contributed by atoms with Crippen LogP contribution < -0.4 is 24.0 Å². The van der Waals surface area contributed by atoms with E-state index in [0.29, 0.717) is 13.0 Å². The zero-order valence-corrected chi connectivity index (χ0v) is 14.3. The molecule has 0 amide bonds. The lowest BCUT2D eigenvalue weighted by atomic mass is 10.1. The number of nitrogens with one attached hydrogen (secondary N) is 1. The van der Waals surface area contributed by atoms with Gasteiger partial charge in [0.1, 0.15) is 13.2 Å². The van der Waals surface area contributed by atoms with Gasteiger partial charge in [0.05, 0.1) is 27.6 Å². The van der Waals surface area contributed by atoms with Crippen LogP contribution >= 0.6 is 0 Å². The van der Waals surface area contributed by atoms with E-state index in [4.69, 9.17) is 4.74 Å². The molecule has 0 spiro atoms. The number of hydrogen-bond donors (Lipinski definition) is 1. The topological polar surface area (TPSA) is 42.1 Å². The second kappa shape index (κ2) is 7.08. The van der Waals surface area contributed by atoms with Gasteiger partial charge < -0.3 is 38.2 Å². The maximum absolute atomic E-state index is 11.8. The fourth-order valence-electron chi connectivity index (χ4n) is 1.92. The van der Waals surface area contributed by atoms with Crippen LogP contribution in [0.4, 0.5) is 0 Å². The summed E-state index contributed by atoms with van der Waals surface area (Å²) in [6, 6.07) is 7.96. The summed E-state index contributed by atoms with van der Waals surface area (Å²) >= 11 is 0. The fourth-order valence-corrected chi connectivity index (χ4v) is 1.92. The Hall–Kier alpha value is -1.08. The number of H-pyrrole nitrogens is 1.